The summed E-state index contributed by atoms with van der Waals surface area (Å²) in [5.41, 5.74) is 6.33. The Morgan fingerprint density at radius 3 is 2.82 bits per heavy atom. The Kier molecular flexibility index (Phi) is 4.34. The van der Waals surface area contributed by atoms with Crippen molar-refractivity contribution in [1.82, 2.24) is 9.36 Å². The fourth-order valence-electron chi connectivity index (χ4n) is 2.34. The Balaban J connectivity index is 1.83. The molecule has 1 aliphatic carbocycles. The van der Waals surface area contributed by atoms with Crippen molar-refractivity contribution in [3.63, 3.8) is 0 Å². The van der Waals surface area contributed by atoms with E-state index in [9.17, 15) is 0 Å². The van der Waals surface area contributed by atoms with Crippen molar-refractivity contribution >= 4 is 16.7 Å². The molecule has 1 heterocycles. The second kappa shape index (κ2) is 5.78. The van der Waals surface area contributed by atoms with Gasteiger partial charge in [0, 0.05) is 30.0 Å². The van der Waals surface area contributed by atoms with Crippen molar-refractivity contribution in [2.24, 2.45) is 5.73 Å². The molecule has 4 nitrogen and oxygen atoms in total. The summed E-state index contributed by atoms with van der Waals surface area (Å²) >= 11 is 1.45. The standard InChI is InChI=1S/C12H22N4S/c1-2-6-10-15-11(17-16-10)14-9-12(13)7-4-3-5-8-12/h2-9,13H2,1H3,(H,14,15,16). The number of anilines is 1. The van der Waals surface area contributed by atoms with Gasteiger partial charge in [0.05, 0.1) is 0 Å². The SMILES string of the molecule is CCCc1nsc(NCC2(N)CCCCC2)n1. The molecule has 1 aliphatic rings. The monoisotopic (exact) mass is 254 g/mol. The van der Waals surface area contributed by atoms with Crippen LogP contribution < -0.4 is 11.1 Å². The molecule has 0 amide bonds. The first kappa shape index (κ1) is 12.8. The van der Waals surface area contributed by atoms with E-state index in [4.69, 9.17) is 5.73 Å². The average Bonchev–Trinajstić information content (AvgIpc) is 2.76. The second-order valence-corrected chi connectivity index (χ2v) is 5.79. The van der Waals surface area contributed by atoms with Crippen molar-refractivity contribution in [2.75, 3.05) is 11.9 Å². The van der Waals surface area contributed by atoms with Crippen LogP contribution in [0.5, 0.6) is 0 Å². The average molecular weight is 254 g/mol. The van der Waals surface area contributed by atoms with E-state index in [1.807, 2.05) is 0 Å². The van der Waals surface area contributed by atoms with Crippen LogP contribution in [0.1, 0.15) is 51.3 Å². The number of aryl methyl sites for hydroxylation is 1. The Morgan fingerprint density at radius 1 is 1.35 bits per heavy atom. The van der Waals surface area contributed by atoms with Gasteiger partial charge in [-0.25, -0.2) is 4.98 Å². The van der Waals surface area contributed by atoms with Crippen molar-refractivity contribution in [2.45, 2.75) is 57.4 Å². The van der Waals surface area contributed by atoms with Gasteiger partial charge in [0.1, 0.15) is 5.82 Å². The molecule has 1 aromatic heterocycles. The maximum Gasteiger partial charge on any atom is 0.202 e. The van der Waals surface area contributed by atoms with Gasteiger partial charge in [0.15, 0.2) is 0 Å². The fourth-order valence-corrected chi connectivity index (χ4v) is 2.94. The fraction of sp³-hybridized carbons (Fsp3) is 0.833. The van der Waals surface area contributed by atoms with Gasteiger partial charge in [0.25, 0.3) is 0 Å². The molecule has 1 fully saturated rings. The maximum absolute atomic E-state index is 6.37. The molecular formula is C12H22N4S. The molecule has 96 valence electrons. The zero-order valence-electron chi connectivity index (χ0n) is 10.5. The molecule has 3 N–H and O–H groups in total. The lowest BCUT2D eigenvalue weighted by atomic mass is 9.82. The molecular weight excluding hydrogens is 232 g/mol. The van der Waals surface area contributed by atoms with Crippen molar-refractivity contribution in [1.29, 1.82) is 0 Å². The zero-order chi connectivity index (χ0) is 12.1. The summed E-state index contributed by atoms with van der Waals surface area (Å²) in [6.45, 7) is 2.97. The minimum Gasteiger partial charge on any atom is -0.358 e. The van der Waals surface area contributed by atoms with Gasteiger partial charge < -0.3 is 11.1 Å². The summed E-state index contributed by atoms with van der Waals surface area (Å²) in [4.78, 5) is 4.46. The number of nitrogens with zero attached hydrogens (tertiary/aromatic N) is 2. The maximum atomic E-state index is 6.37. The first-order valence-corrected chi connectivity index (χ1v) is 7.34. The molecule has 0 bridgehead atoms. The first-order valence-electron chi connectivity index (χ1n) is 6.57. The molecule has 0 radical (unpaired) electrons. The van der Waals surface area contributed by atoms with E-state index in [1.165, 1.54) is 30.8 Å². The smallest absolute Gasteiger partial charge is 0.202 e. The van der Waals surface area contributed by atoms with Gasteiger partial charge in [-0.2, -0.15) is 4.37 Å². The highest BCUT2D eigenvalue weighted by atomic mass is 32.1. The van der Waals surface area contributed by atoms with Crippen molar-refractivity contribution < 1.29 is 0 Å². The Hall–Kier alpha value is -0.680. The molecule has 0 saturated heterocycles. The molecule has 0 unspecified atom stereocenters. The minimum atomic E-state index is -0.0329. The van der Waals surface area contributed by atoms with Gasteiger partial charge in [-0.05, 0) is 19.3 Å². The largest absolute Gasteiger partial charge is 0.358 e. The number of rotatable bonds is 5. The number of nitrogens with two attached hydrogens (primary N) is 1. The molecule has 0 aromatic carbocycles. The van der Waals surface area contributed by atoms with E-state index < -0.39 is 0 Å². The first-order chi connectivity index (χ1) is 8.22. The van der Waals surface area contributed by atoms with Crippen LogP contribution in [0.3, 0.4) is 0 Å². The normalized spacial score (nSPS) is 19.2. The van der Waals surface area contributed by atoms with Crippen molar-refractivity contribution in [3.8, 4) is 0 Å². The van der Waals surface area contributed by atoms with Crippen LogP contribution >= 0.6 is 11.5 Å². The quantitative estimate of drug-likeness (QED) is 0.847. The van der Waals surface area contributed by atoms with E-state index >= 15 is 0 Å². The summed E-state index contributed by atoms with van der Waals surface area (Å²) in [6, 6.07) is 0. The molecule has 0 aliphatic heterocycles. The van der Waals surface area contributed by atoms with E-state index in [1.54, 1.807) is 0 Å². The summed E-state index contributed by atoms with van der Waals surface area (Å²) < 4.78 is 4.32. The lowest BCUT2D eigenvalue weighted by Crippen LogP contribution is -2.47. The van der Waals surface area contributed by atoms with Crippen LogP contribution in [0, 0.1) is 0 Å². The Bertz CT molecular complexity index is 344. The predicted octanol–water partition coefficient (Wildman–Crippen LogP) is 2.56. The number of hydrogen-bond acceptors (Lipinski definition) is 5. The van der Waals surface area contributed by atoms with Crippen LogP contribution in [0.25, 0.3) is 0 Å². The number of hydrogen-bond donors (Lipinski definition) is 2. The van der Waals surface area contributed by atoms with E-state index in [-0.39, 0.29) is 5.54 Å². The van der Waals surface area contributed by atoms with Crippen LogP contribution in [-0.2, 0) is 6.42 Å². The van der Waals surface area contributed by atoms with Gasteiger partial charge in [0.2, 0.25) is 5.13 Å². The molecule has 0 atom stereocenters. The molecule has 1 saturated carbocycles. The third-order valence-electron chi connectivity index (χ3n) is 3.38. The van der Waals surface area contributed by atoms with E-state index in [0.29, 0.717) is 0 Å². The third-order valence-corrected chi connectivity index (χ3v) is 4.09. The van der Waals surface area contributed by atoms with Crippen LogP contribution in [-0.4, -0.2) is 21.4 Å². The highest BCUT2D eigenvalue weighted by molar-refractivity contribution is 7.09. The molecule has 0 spiro atoms. The third kappa shape index (κ3) is 3.64. The molecule has 5 heteroatoms. The highest BCUT2D eigenvalue weighted by Crippen LogP contribution is 2.26. The lowest BCUT2D eigenvalue weighted by Gasteiger charge is -2.33. The van der Waals surface area contributed by atoms with Crippen molar-refractivity contribution in [3.05, 3.63) is 5.82 Å². The summed E-state index contributed by atoms with van der Waals surface area (Å²) in [7, 11) is 0. The summed E-state index contributed by atoms with van der Waals surface area (Å²) in [6.07, 6.45) is 8.16. The topological polar surface area (TPSA) is 63.8 Å². The molecule has 17 heavy (non-hydrogen) atoms. The van der Waals surface area contributed by atoms with Gasteiger partial charge in [-0.1, -0.05) is 26.2 Å². The van der Waals surface area contributed by atoms with Crippen LogP contribution in [0.15, 0.2) is 0 Å². The van der Waals surface area contributed by atoms with Crippen LogP contribution in [0.2, 0.25) is 0 Å². The number of nitrogens with one attached hydrogen (secondary N) is 1. The number of aromatic nitrogens is 2. The highest BCUT2D eigenvalue weighted by Gasteiger charge is 2.27. The Morgan fingerprint density at radius 2 is 2.12 bits per heavy atom. The lowest BCUT2D eigenvalue weighted by molar-refractivity contribution is 0.311. The van der Waals surface area contributed by atoms with Gasteiger partial charge >= 0.3 is 0 Å². The summed E-state index contributed by atoms with van der Waals surface area (Å²) in [5, 5.41) is 4.27. The van der Waals surface area contributed by atoms with E-state index in [2.05, 4.69) is 21.6 Å². The van der Waals surface area contributed by atoms with Crippen LogP contribution in [0.4, 0.5) is 5.13 Å². The molecule has 1 aromatic rings. The van der Waals surface area contributed by atoms with Gasteiger partial charge in [-0.15, -0.1) is 0 Å². The predicted molar refractivity (Wildman–Crippen MR) is 72.4 cm³/mol. The minimum absolute atomic E-state index is 0.0329. The zero-order valence-corrected chi connectivity index (χ0v) is 11.4. The molecule has 2 rings (SSSR count). The summed E-state index contributed by atoms with van der Waals surface area (Å²) in [5.74, 6) is 0.953. The van der Waals surface area contributed by atoms with Gasteiger partial charge in [-0.3, -0.25) is 0 Å². The Labute approximate surface area is 107 Å². The second-order valence-electron chi connectivity index (χ2n) is 5.04. The van der Waals surface area contributed by atoms with E-state index in [0.717, 1.165) is 43.2 Å².